The van der Waals surface area contributed by atoms with Crippen LogP contribution in [0.25, 0.3) is 0 Å². The summed E-state index contributed by atoms with van der Waals surface area (Å²) in [4.78, 5) is 24.2. The molecule has 3 rings (SSSR count). The average Bonchev–Trinajstić information content (AvgIpc) is 3.15. The molecule has 3 heterocycles. The van der Waals surface area contributed by atoms with Crippen LogP contribution in [0.3, 0.4) is 0 Å². The van der Waals surface area contributed by atoms with Gasteiger partial charge in [0, 0.05) is 12.7 Å². The minimum absolute atomic E-state index is 0.00186. The predicted octanol–water partition coefficient (Wildman–Crippen LogP) is 2.74. The first-order valence-electron chi connectivity index (χ1n) is 7.49. The van der Waals surface area contributed by atoms with Crippen LogP contribution >= 0.6 is 11.5 Å². The maximum absolute atomic E-state index is 12.9. The number of hydrogen-bond acceptors (Lipinski definition) is 6. The summed E-state index contributed by atoms with van der Waals surface area (Å²) >= 11 is 1.18. The molecular weight excluding hydrogens is 298 g/mol. The summed E-state index contributed by atoms with van der Waals surface area (Å²) in [6.45, 7) is 6.72. The van der Waals surface area contributed by atoms with Gasteiger partial charge in [-0.1, -0.05) is 18.3 Å². The zero-order valence-electron chi connectivity index (χ0n) is 13.0. The topological polar surface area (TPSA) is 71.9 Å². The lowest BCUT2D eigenvalue weighted by Gasteiger charge is -2.24. The van der Waals surface area contributed by atoms with Crippen LogP contribution in [0.2, 0.25) is 0 Å². The van der Waals surface area contributed by atoms with E-state index in [9.17, 15) is 4.79 Å². The van der Waals surface area contributed by atoms with Crippen LogP contribution < -0.4 is 0 Å². The van der Waals surface area contributed by atoms with E-state index in [1.54, 1.807) is 12.4 Å². The molecule has 0 bridgehead atoms. The number of carbonyl (C=O) groups is 1. The fourth-order valence-electron chi connectivity index (χ4n) is 2.81. The van der Waals surface area contributed by atoms with Crippen LogP contribution in [0.5, 0.6) is 0 Å². The van der Waals surface area contributed by atoms with Crippen LogP contribution in [0, 0.1) is 6.92 Å². The van der Waals surface area contributed by atoms with E-state index in [1.807, 2.05) is 25.7 Å². The molecule has 0 spiro atoms. The highest BCUT2D eigenvalue weighted by atomic mass is 32.1. The number of amides is 1. The van der Waals surface area contributed by atoms with Crippen LogP contribution in [0.15, 0.2) is 12.4 Å². The van der Waals surface area contributed by atoms with Gasteiger partial charge in [-0.15, -0.1) is 5.10 Å². The van der Waals surface area contributed by atoms with E-state index in [4.69, 9.17) is 0 Å². The third-order valence-electron chi connectivity index (χ3n) is 3.88. The number of nitrogens with zero attached hydrogens (tertiary/aromatic N) is 5. The number of aromatic nitrogens is 4. The highest BCUT2D eigenvalue weighted by Crippen LogP contribution is 2.33. The van der Waals surface area contributed by atoms with Gasteiger partial charge in [0.15, 0.2) is 0 Å². The van der Waals surface area contributed by atoms with E-state index in [1.165, 1.54) is 11.5 Å². The number of aryl methyl sites for hydroxylation is 1. The van der Waals surface area contributed by atoms with Crippen molar-refractivity contribution in [2.45, 2.75) is 45.6 Å². The molecule has 1 amide bonds. The Morgan fingerprint density at radius 2 is 2.23 bits per heavy atom. The molecule has 2 aromatic rings. The smallest absolute Gasteiger partial charge is 0.268 e. The average molecular weight is 317 g/mol. The summed E-state index contributed by atoms with van der Waals surface area (Å²) in [6, 6.07) is 0.00186. The maximum Gasteiger partial charge on any atom is 0.268 e. The molecule has 0 radical (unpaired) electrons. The molecule has 116 valence electrons. The highest BCUT2D eigenvalue weighted by Gasteiger charge is 2.34. The van der Waals surface area contributed by atoms with Crippen molar-refractivity contribution in [2.24, 2.45) is 0 Å². The molecule has 2 aromatic heterocycles. The van der Waals surface area contributed by atoms with Gasteiger partial charge < -0.3 is 4.90 Å². The van der Waals surface area contributed by atoms with Crippen molar-refractivity contribution in [3.63, 3.8) is 0 Å². The quantitative estimate of drug-likeness (QED) is 0.870. The van der Waals surface area contributed by atoms with Gasteiger partial charge in [-0.25, -0.2) is 0 Å². The van der Waals surface area contributed by atoms with Crippen molar-refractivity contribution in [2.75, 3.05) is 6.54 Å². The Morgan fingerprint density at radius 3 is 2.95 bits per heavy atom. The highest BCUT2D eigenvalue weighted by molar-refractivity contribution is 7.08. The molecule has 0 aromatic carbocycles. The summed E-state index contributed by atoms with van der Waals surface area (Å²) in [6.07, 6.45) is 5.40. The lowest BCUT2D eigenvalue weighted by molar-refractivity contribution is 0.0735. The van der Waals surface area contributed by atoms with Gasteiger partial charge in [0.2, 0.25) is 0 Å². The van der Waals surface area contributed by atoms with Crippen molar-refractivity contribution >= 4 is 17.4 Å². The van der Waals surface area contributed by atoms with Crippen LogP contribution in [0.1, 0.15) is 65.4 Å². The van der Waals surface area contributed by atoms with Gasteiger partial charge in [0.05, 0.1) is 29.3 Å². The molecule has 1 saturated heterocycles. The summed E-state index contributed by atoms with van der Waals surface area (Å²) in [5.74, 6) is 0.210. The first-order valence-corrected chi connectivity index (χ1v) is 8.27. The van der Waals surface area contributed by atoms with Gasteiger partial charge >= 0.3 is 0 Å². The van der Waals surface area contributed by atoms with E-state index in [0.717, 1.165) is 36.5 Å². The molecule has 1 fully saturated rings. The first-order chi connectivity index (χ1) is 10.6. The second-order valence-corrected chi connectivity index (χ2v) is 6.64. The Morgan fingerprint density at radius 1 is 1.41 bits per heavy atom. The summed E-state index contributed by atoms with van der Waals surface area (Å²) in [5, 5.41) is 4.11. The Kier molecular flexibility index (Phi) is 4.15. The maximum atomic E-state index is 12.9. The number of hydrogen-bond donors (Lipinski definition) is 0. The van der Waals surface area contributed by atoms with Gasteiger partial charge in [0.1, 0.15) is 4.88 Å². The minimum Gasteiger partial charge on any atom is -0.329 e. The molecule has 1 unspecified atom stereocenters. The summed E-state index contributed by atoms with van der Waals surface area (Å²) < 4.78 is 3.96. The van der Waals surface area contributed by atoms with Crippen LogP contribution in [0.4, 0.5) is 0 Å². The van der Waals surface area contributed by atoms with Crippen molar-refractivity contribution < 1.29 is 4.79 Å². The Hall–Kier alpha value is -1.89. The molecule has 1 atom stereocenters. The Labute approximate surface area is 133 Å². The molecule has 0 N–H and O–H groups in total. The molecule has 1 aliphatic rings. The van der Waals surface area contributed by atoms with E-state index in [-0.39, 0.29) is 17.9 Å². The number of rotatable bonds is 3. The van der Waals surface area contributed by atoms with E-state index >= 15 is 0 Å². The van der Waals surface area contributed by atoms with Gasteiger partial charge in [-0.2, -0.15) is 0 Å². The number of likely N-dealkylation sites (tertiary alicyclic amines) is 1. The lowest BCUT2D eigenvalue weighted by atomic mass is 10.1. The number of carbonyl (C=O) groups excluding carboxylic acids is 1. The van der Waals surface area contributed by atoms with Crippen molar-refractivity contribution in [3.8, 4) is 0 Å². The van der Waals surface area contributed by atoms with E-state index in [0.29, 0.717) is 4.88 Å². The molecule has 22 heavy (non-hydrogen) atoms. The zero-order chi connectivity index (χ0) is 15.7. The van der Waals surface area contributed by atoms with Gasteiger partial charge in [0.25, 0.3) is 5.91 Å². The molecule has 6 nitrogen and oxygen atoms in total. The second kappa shape index (κ2) is 6.08. The molecule has 1 aliphatic heterocycles. The molecule has 7 heteroatoms. The van der Waals surface area contributed by atoms with Gasteiger partial charge in [-0.05, 0) is 37.2 Å². The van der Waals surface area contributed by atoms with Crippen molar-refractivity contribution in [1.82, 2.24) is 24.5 Å². The normalized spacial score (nSPS) is 18.2. The Bertz CT molecular complexity index is 684. The molecule has 0 aliphatic carbocycles. The van der Waals surface area contributed by atoms with Gasteiger partial charge in [-0.3, -0.25) is 14.8 Å². The lowest BCUT2D eigenvalue weighted by Crippen LogP contribution is -2.31. The minimum atomic E-state index is 0.00186. The summed E-state index contributed by atoms with van der Waals surface area (Å²) in [5.41, 5.74) is 2.53. The fourth-order valence-corrected chi connectivity index (χ4v) is 3.59. The van der Waals surface area contributed by atoms with Crippen molar-refractivity contribution in [3.05, 3.63) is 34.4 Å². The van der Waals surface area contributed by atoms with Crippen molar-refractivity contribution in [1.29, 1.82) is 0 Å². The third kappa shape index (κ3) is 2.72. The Balaban J connectivity index is 1.90. The zero-order valence-corrected chi connectivity index (χ0v) is 13.8. The fraction of sp³-hybridized carbons (Fsp3) is 0.533. The standard InChI is InChI=1S/C15H19N5OS/c1-9(2)13-14(22-19-18-13)15(21)20-6-4-5-12(20)11-8-16-7-10(3)17-11/h7-9,12H,4-6H2,1-3H3. The van der Waals surface area contributed by atoms with E-state index < -0.39 is 0 Å². The second-order valence-electron chi connectivity index (χ2n) is 5.88. The van der Waals surface area contributed by atoms with E-state index in [2.05, 4.69) is 19.6 Å². The first kappa shape index (κ1) is 15.0. The van der Waals surface area contributed by atoms with Crippen LogP contribution in [-0.4, -0.2) is 36.9 Å². The third-order valence-corrected chi connectivity index (χ3v) is 4.61. The molecule has 0 saturated carbocycles. The predicted molar refractivity (Wildman–Crippen MR) is 83.8 cm³/mol. The largest absolute Gasteiger partial charge is 0.329 e. The van der Waals surface area contributed by atoms with Crippen LogP contribution in [-0.2, 0) is 0 Å². The monoisotopic (exact) mass is 317 g/mol. The summed E-state index contributed by atoms with van der Waals surface area (Å²) in [7, 11) is 0. The SMILES string of the molecule is Cc1cncc(C2CCCN2C(=O)c2snnc2C(C)C)n1. The molecular formula is C15H19N5OS.